The minimum atomic E-state index is -0.538. The molecule has 0 saturated carbocycles. The molecular formula is C20H21N7O3. The van der Waals surface area contributed by atoms with E-state index in [4.69, 9.17) is 4.74 Å². The van der Waals surface area contributed by atoms with Crippen LogP contribution in [0, 0.1) is 6.92 Å². The molecule has 10 heteroatoms. The number of anilines is 3. The van der Waals surface area contributed by atoms with E-state index in [1.54, 1.807) is 11.0 Å². The second-order valence-electron chi connectivity index (χ2n) is 7.49. The van der Waals surface area contributed by atoms with Crippen LogP contribution in [0.4, 0.5) is 22.1 Å². The first kappa shape index (κ1) is 18.3. The summed E-state index contributed by atoms with van der Waals surface area (Å²) in [7, 11) is 1.31. The Kier molecular flexibility index (Phi) is 4.27. The summed E-state index contributed by atoms with van der Waals surface area (Å²) in [4.78, 5) is 38.1. The average molecular weight is 407 g/mol. The van der Waals surface area contributed by atoms with Gasteiger partial charge in [0.05, 0.1) is 24.2 Å². The van der Waals surface area contributed by atoms with Crippen molar-refractivity contribution in [2.24, 2.45) is 0 Å². The third-order valence-electron chi connectivity index (χ3n) is 5.59. The Hall–Kier alpha value is -3.69. The lowest BCUT2D eigenvalue weighted by molar-refractivity contribution is 0.0594. The molecule has 10 nitrogen and oxygen atoms in total. The molecule has 30 heavy (non-hydrogen) atoms. The topological polar surface area (TPSA) is 116 Å². The first-order valence-corrected chi connectivity index (χ1v) is 9.81. The number of nitrogens with one attached hydrogen (secondary N) is 2. The predicted molar refractivity (Wildman–Crippen MR) is 111 cm³/mol. The zero-order chi connectivity index (χ0) is 20.8. The molecule has 2 bridgehead atoms. The first-order valence-electron chi connectivity index (χ1n) is 9.81. The summed E-state index contributed by atoms with van der Waals surface area (Å²) in [6.07, 6.45) is 1.83. The molecule has 0 unspecified atom stereocenters. The van der Waals surface area contributed by atoms with Crippen LogP contribution in [0.5, 0.6) is 0 Å². The number of carbonyl (C=O) groups excluding carboxylic acids is 2. The molecule has 0 radical (unpaired) electrons. The van der Waals surface area contributed by atoms with Crippen molar-refractivity contribution in [3.05, 3.63) is 35.7 Å². The van der Waals surface area contributed by atoms with Crippen molar-refractivity contribution in [2.45, 2.75) is 25.8 Å². The van der Waals surface area contributed by atoms with Crippen molar-refractivity contribution >= 4 is 40.4 Å². The average Bonchev–Trinajstić information content (AvgIpc) is 3.14. The summed E-state index contributed by atoms with van der Waals surface area (Å²) < 4.78 is 4.80. The zero-order valence-corrected chi connectivity index (χ0v) is 16.7. The Morgan fingerprint density at radius 3 is 2.93 bits per heavy atom. The molecule has 0 aliphatic carbocycles. The highest BCUT2D eigenvalue weighted by Crippen LogP contribution is 2.38. The van der Waals surface area contributed by atoms with Gasteiger partial charge in [-0.1, -0.05) is 0 Å². The molecule has 1 fully saturated rings. The number of urea groups is 1. The highest BCUT2D eigenvalue weighted by molar-refractivity contribution is 6.07. The van der Waals surface area contributed by atoms with Crippen molar-refractivity contribution in [1.82, 2.24) is 20.2 Å². The van der Waals surface area contributed by atoms with E-state index in [1.165, 1.54) is 7.11 Å². The van der Waals surface area contributed by atoms with E-state index in [1.807, 2.05) is 25.1 Å². The molecule has 3 aromatic rings. The number of aryl methyl sites for hydroxylation is 1. The monoisotopic (exact) mass is 407 g/mol. The van der Waals surface area contributed by atoms with E-state index in [0.717, 1.165) is 42.7 Å². The third kappa shape index (κ3) is 2.92. The summed E-state index contributed by atoms with van der Waals surface area (Å²) in [6, 6.07) is 6.81. The fourth-order valence-corrected chi connectivity index (χ4v) is 4.16. The summed E-state index contributed by atoms with van der Waals surface area (Å²) in [5.41, 5.74) is 2.47. The summed E-state index contributed by atoms with van der Waals surface area (Å²) in [5.74, 6) is 0.329. The number of aromatic nitrogens is 4. The molecule has 2 N–H and O–H groups in total. The molecule has 1 atom stereocenters. The van der Waals surface area contributed by atoms with Crippen molar-refractivity contribution in [3.63, 3.8) is 0 Å². The predicted octanol–water partition coefficient (Wildman–Crippen LogP) is 2.47. The summed E-state index contributed by atoms with van der Waals surface area (Å²) in [6.45, 7) is 3.51. The molecule has 0 spiro atoms. The number of hydrogen-bond donors (Lipinski definition) is 2. The third-order valence-corrected chi connectivity index (χ3v) is 5.59. The van der Waals surface area contributed by atoms with Crippen LogP contribution in [0.15, 0.2) is 24.3 Å². The fraction of sp³-hybridized carbons (Fsp3) is 0.350. The van der Waals surface area contributed by atoms with Crippen LogP contribution < -0.4 is 15.1 Å². The maximum atomic E-state index is 13.4. The largest absolute Gasteiger partial charge is 0.464 e. The van der Waals surface area contributed by atoms with Gasteiger partial charge in [0.15, 0.2) is 23.0 Å². The maximum Gasteiger partial charge on any atom is 0.356 e. The van der Waals surface area contributed by atoms with Gasteiger partial charge in [0.1, 0.15) is 0 Å². The van der Waals surface area contributed by atoms with Crippen LogP contribution >= 0.6 is 0 Å². The molecule has 0 aromatic carbocycles. The molecule has 2 aliphatic rings. The number of carbonyl (C=O) groups is 2. The molecule has 1 saturated heterocycles. The number of ether oxygens (including phenoxy) is 1. The number of esters is 1. The molecule has 5 heterocycles. The van der Waals surface area contributed by atoms with Gasteiger partial charge in [-0.3, -0.25) is 15.3 Å². The number of pyridine rings is 2. The molecule has 5 rings (SSSR count). The van der Waals surface area contributed by atoms with Crippen molar-refractivity contribution in [3.8, 4) is 0 Å². The lowest BCUT2D eigenvalue weighted by Crippen LogP contribution is -2.56. The second kappa shape index (κ2) is 6.97. The number of amides is 2. The number of hydrogen-bond acceptors (Lipinski definition) is 7. The SMILES string of the molecule is COC(=O)c1ccc2c(n1)N(C(=O)Nc1n[nH]c3nc(C)ccc13)[C@H]1CCCN2C1. The Balaban J connectivity index is 1.53. The quantitative estimate of drug-likeness (QED) is 0.627. The van der Waals surface area contributed by atoms with E-state index in [-0.39, 0.29) is 17.8 Å². The zero-order valence-electron chi connectivity index (χ0n) is 16.7. The minimum Gasteiger partial charge on any atom is -0.464 e. The summed E-state index contributed by atoms with van der Waals surface area (Å²) in [5, 5.41) is 10.7. The van der Waals surface area contributed by atoms with Crippen LogP contribution in [0.25, 0.3) is 11.0 Å². The van der Waals surface area contributed by atoms with Crippen LogP contribution in [0.1, 0.15) is 29.0 Å². The minimum absolute atomic E-state index is 0.0442. The van der Waals surface area contributed by atoms with E-state index in [2.05, 4.69) is 30.4 Å². The van der Waals surface area contributed by atoms with Crippen LogP contribution in [0.2, 0.25) is 0 Å². The van der Waals surface area contributed by atoms with E-state index in [0.29, 0.717) is 17.3 Å². The van der Waals surface area contributed by atoms with Gasteiger partial charge in [-0.25, -0.2) is 19.6 Å². The lowest BCUT2D eigenvalue weighted by atomic mass is 10.00. The summed E-state index contributed by atoms with van der Waals surface area (Å²) >= 11 is 0. The fourth-order valence-electron chi connectivity index (χ4n) is 4.16. The van der Waals surface area contributed by atoms with Crippen molar-refractivity contribution < 1.29 is 14.3 Å². The van der Waals surface area contributed by atoms with Gasteiger partial charge < -0.3 is 9.64 Å². The van der Waals surface area contributed by atoms with Crippen molar-refractivity contribution in [1.29, 1.82) is 0 Å². The van der Waals surface area contributed by atoms with Gasteiger partial charge in [0.2, 0.25) is 0 Å². The standard InChI is InChI=1S/C20H21N7O3/c1-11-5-6-13-16(21-11)24-25-17(13)23-20(29)27-12-4-3-9-26(10-12)15-8-7-14(19(28)30-2)22-18(15)27/h5-8,12H,3-4,9-10H2,1-2H3,(H2,21,23,24,25,29)/t12-/m0/s1. The Labute approximate surface area is 172 Å². The molecule has 3 aromatic heterocycles. The number of methoxy groups -OCH3 is 1. The van der Waals surface area contributed by atoms with Crippen LogP contribution in [0.3, 0.4) is 0 Å². The van der Waals surface area contributed by atoms with Crippen molar-refractivity contribution in [2.75, 3.05) is 35.3 Å². The molecule has 2 aliphatic heterocycles. The number of H-pyrrole nitrogens is 1. The van der Waals surface area contributed by atoms with E-state index in [9.17, 15) is 9.59 Å². The van der Waals surface area contributed by atoms with Gasteiger partial charge in [-0.05, 0) is 44.0 Å². The second-order valence-corrected chi connectivity index (χ2v) is 7.49. The van der Waals surface area contributed by atoms with Crippen LogP contribution in [-0.2, 0) is 4.74 Å². The van der Waals surface area contributed by atoms with E-state index >= 15 is 0 Å². The Morgan fingerprint density at radius 2 is 2.10 bits per heavy atom. The smallest absolute Gasteiger partial charge is 0.356 e. The number of rotatable bonds is 2. The van der Waals surface area contributed by atoms with E-state index < -0.39 is 5.97 Å². The number of nitrogens with zero attached hydrogens (tertiary/aromatic N) is 5. The lowest BCUT2D eigenvalue weighted by Gasteiger charge is -2.45. The Morgan fingerprint density at radius 1 is 1.23 bits per heavy atom. The molecule has 154 valence electrons. The first-order chi connectivity index (χ1) is 14.5. The van der Waals surface area contributed by atoms with Gasteiger partial charge in [-0.2, -0.15) is 5.10 Å². The normalized spacial score (nSPS) is 17.6. The molecule has 2 amide bonds. The Bertz CT molecular complexity index is 1160. The van der Waals surface area contributed by atoms with Gasteiger partial charge >= 0.3 is 12.0 Å². The number of piperidine rings is 1. The molecular weight excluding hydrogens is 386 g/mol. The van der Waals surface area contributed by atoms with Crippen LogP contribution in [-0.4, -0.2) is 58.4 Å². The highest BCUT2D eigenvalue weighted by Gasteiger charge is 2.39. The van der Waals surface area contributed by atoms with Gasteiger partial charge in [0, 0.05) is 18.8 Å². The number of fused-ring (bicyclic) bond motifs is 5. The maximum absolute atomic E-state index is 13.4. The highest BCUT2D eigenvalue weighted by atomic mass is 16.5. The van der Waals surface area contributed by atoms with Gasteiger partial charge in [-0.15, -0.1) is 0 Å². The van der Waals surface area contributed by atoms with Gasteiger partial charge in [0.25, 0.3) is 0 Å². The number of aromatic amines is 1.